The minimum atomic E-state index is -0.645. The number of halogens is 1. The van der Waals surface area contributed by atoms with Gasteiger partial charge in [-0.05, 0) is 37.3 Å². The zero-order chi connectivity index (χ0) is 17.0. The van der Waals surface area contributed by atoms with Gasteiger partial charge in [0.15, 0.2) is 5.75 Å². The molecule has 0 radical (unpaired) electrons. The zero-order valence-corrected chi connectivity index (χ0v) is 12.7. The molecule has 0 aliphatic carbocycles. The van der Waals surface area contributed by atoms with E-state index in [4.69, 9.17) is 4.74 Å². The van der Waals surface area contributed by atoms with Gasteiger partial charge in [-0.15, -0.1) is 0 Å². The molecule has 0 spiro atoms. The second-order valence-electron chi connectivity index (χ2n) is 5.09. The molecule has 0 saturated heterocycles. The third-order valence-electron chi connectivity index (χ3n) is 3.19. The lowest BCUT2D eigenvalue weighted by Gasteiger charge is -2.15. The molecule has 1 unspecified atom stereocenters. The standard InChI is InChI=1S/C16H17FN2O4/c1-10(23-12-5-3-11(17)4-6-12)9-18-15(21)13-7-8-19(2)16(22)14(13)20/h3-8,10,20H,9H2,1-2H3,(H,18,21). The lowest BCUT2D eigenvalue weighted by molar-refractivity contribution is 0.0929. The first kappa shape index (κ1) is 16.5. The lowest BCUT2D eigenvalue weighted by atomic mass is 10.2. The first-order valence-corrected chi connectivity index (χ1v) is 6.97. The van der Waals surface area contributed by atoms with E-state index in [2.05, 4.69) is 5.32 Å². The Labute approximate surface area is 132 Å². The molecule has 2 N–H and O–H groups in total. The largest absolute Gasteiger partial charge is 0.502 e. The van der Waals surface area contributed by atoms with E-state index in [1.807, 2.05) is 0 Å². The van der Waals surface area contributed by atoms with Gasteiger partial charge >= 0.3 is 0 Å². The second kappa shape index (κ2) is 6.95. The Morgan fingerprint density at radius 2 is 2.00 bits per heavy atom. The molecule has 1 atom stereocenters. The molecular weight excluding hydrogens is 303 g/mol. The number of nitrogens with zero attached hydrogens (tertiary/aromatic N) is 1. The van der Waals surface area contributed by atoms with Crippen LogP contribution in [0, 0.1) is 5.82 Å². The summed E-state index contributed by atoms with van der Waals surface area (Å²) in [5.41, 5.74) is -0.740. The van der Waals surface area contributed by atoms with Crippen LogP contribution >= 0.6 is 0 Å². The van der Waals surface area contributed by atoms with E-state index in [9.17, 15) is 19.1 Å². The predicted octanol–water partition coefficient (Wildman–Crippen LogP) is 1.43. The van der Waals surface area contributed by atoms with E-state index < -0.39 is 17.2 Å². The van der Waals surface area contributed by atoms with Crippen molar-refractivity contribution in [1.29, 1.82) is 0 Å². The Kier molecular flexibility index (Phi) is 5.00. The van der Waals surface area contributed by atoms with Crippen molar-refractivity contribution >= 4 is 5.91 Å². The number of nitrogens with one attached hydrogen (secondary N) is 1. The molecule has 1 heterocycles. The van der Waals surface area contributed by atoms with E-state index in [0.717, 1.165) is 0 Å². The fraction of sp³-hybridized carbons (Fsp3) is 0.250. The van der Waals surface area contributed by atoms with Crippen LogP contribution < -0.4 is 15.6 Å². The van der Waals surface area contributed by atoms with Crippen molar-refractivity contribution in [2.24, 2.45) is 7.05 Å². The first-order valence-electron chi connectivity index (χ1n) is 6.97. The molecule has 1 aromatic carbocycles. The van der Waals surface area contributed by atoms with E-state index in [-0.39, 0.29) is 24.0 Å². The molecule has 0 aliphatic rings. The number of aromatic nitrogens is 1. The van der Waals surface area contributed by atoms with Gasteiger partial charge in [0.25, 0.3) is 11.5 Å². The van der Waals surface area contributed by atoms with Crippen LogP contribution in [0.1, 0.15) is 17.3 Å². The summed E-state index contributed by atoms with van der Waals surface area (Å²) in [6.45, 7) is 1.89. The Balaban J connectivity index is 1.95. The molecular formula is C16H17FN2O4. The number of benzene rings is 1. The topological polar surface area (TPSA) is 80.6 Å². The summed E-state index contributed by atoms with van der Waals surface area (Å²) < 4.78 is 19.5. The van der Waals surface area contributed by atoms with Crippen molar-refractivity contribution in [3.8, 4) is 11.5 Å². The maximum atomic E-state index is 12.8. The molecule has 0 saturated carbocycles. The van der Waals surface area contributed by atoms with Crippen LogP contribution in [0.5, 0.6) is 11.5 Å². The fourth-order valence-corrected chi connectivity index (χ4v) is 1.92. The summed E-state index contributed by atoms with van der Waals surface area (Å²) in [6, 6.07) is 6.88. The maximum absolute atomic E-state index is 12.8. The quantitative estimate of drug-likeness (QED) is 0.873. The first-order chi connectivity index (χ1) is 10.9. The van der Waals surface area contributed by atoms with Crippen molar-refractivity contribution in [2.45, 2.75) is 13.0 Å². The smallest absolute Gasteiger partial charge is 0.293 e. The normalized spacial score (nSPS) is 11.8. The van der Waals surface area contributed by atoms with Crippen LogP contribution in [0.25, 0.3) is 0 Å². The molecule has 0 aliphatic heterocycles. The van der Waals surface area contributed by atoms with Gasteiger partial charge in [0.2, 0.25) is 0 Å². The minimum Gasteiger partial charge on any atom is -0.502 e. The minimum absolute atomic E-state index is 0.0953. The average molecular weight is 320 g/mol. The molecule has 6 nitrogen and oxygen atoms in total. The fourth-order valence-electron chi connectivity index (χ4n) is 1.92. The second-order valence-corrected chi connectivity index (χ2v) is 5.09. The van der Waals surface area contributed by atoms with Crippen LogP contribution in [-0.2, 0) is 7.05 Å². The average Bonchev–Trinajstić information content (AvgIpc) is 2.53. The zero-order valence-electron chi connectivity index (χ0n) is 12.7. The van der Waals surface area contributed by atoms with Crippen molar-refractivity contribution < 1.29 is 19.0 Å². The van der Waals surface area contributed by atoms with Gasteiger partial charge in [0.1, 0.15) is 17.7 Å². The summed E-state index contributed by atoms with van der Waals surface area (Å²) in [4.78, 5) is 23.6. The SMILES string of the molecule is CC(CNC(=O)c1ccn(C)c(=O)c1O)Oc1ccc(F)cc1. The molecule has 0 bridgehead atoms. The number of amides is 1. The molecule has 7 heteroatoms. The van der Waals surface area contributed by atoms with Crippen LogP contribution in [0.4, 0.5) is 4.39 Å². The number of aryl methyl sites for hydroxylation is 1. The molecule has 23 heavy (non-hydrogen) atoms. The van der Waals surface area contributed by atoms with Gasteiger partial charge in [0, 0.05) is 13.2 Å². The van der Waals surface area contributed by atoms with E-state index in [1.54, 1.807) is 6.92 Å². The van der Waals surface area contributed by atoms with Gasteiger partial charge in [-0.1, -0.05) is 0 Å². The van der Waals surface area contributed by atoms with Crippen molar-refractivity contribution in [3.05, 3.63) is 58.3 Å². The molecule has 1 aromatic heterocycles. The van der Waals surface area contributed by atoms with Crippen LogP contribution in [0.3, 0.4) is 0 Å². The van der Waals surface area contributed by atoms with E-state index >= 15 is 0 Å². The molecule has 2 rings (SSSR count). The van der Waals surface area contributed by atoms with Crippen molar-refractivity contribution in [1.82, 2.24) is 9.88 Å². The third-order valence-corrected chi connectivity index (χ3v) is 3.19. The van der Waals surface area contributed by atoms with Gasteiger partial charge in [-0.25, -0.2) is 4.39 Å². The van der Waals surface area contributed by atoms with Crippen LogP contribution in [0.15, 0.2) is 41.3 Å². The summed E-state index contributed by atoms with van der Waals surface area (Å²) >= 11 is 0. The Bertz CT molecular complexity index is 756. The number of rotatable bonds is 5. The summed E-state index contributed by atoms with van der Waals surface area (Å²) in [5, 5.41) is 12.3. The summed E-state index contributed by atoms with van der Waals surface area (Å²) in [5.74, 6) is -1.06. The summed E-state index contributed by atoms with van der Waals surface area (Å²) in [7, 11) is 1.47. The summed E-state index contributed by atoms with van der Waals surface area (Å²) in [6.07, 6.45) is 1.02. The number of carbonyl (C=O) groups is 1. The number of ether oxygens (including phenoxy) is 1. The van der Waals surface area contributed by atoms with Gasteiger partial charge in [0.05, 0.1) is 12.1 Å². The highest BCUT2D eigenvalue weighted by Gasteiger charge is 2.15. The molecule has 2 aromatic rings. The molecule has 0 fully saturated rings. The highest BCUT2D eigenvalue weighted by molar-refractivity contribution is 5.96. The Morgan fingerprint density at radius 3 is 2.65 bits per heavy atom. The monoisotopic (exact) mass is 320 g/mol. The van der Waals surface area contributed by atoms with Gasteiger partial charge in [-0.2, -0.15) is 0 Å². The number of hydrogen-bond acceptors (Lipinski definition) is 4. The van der Waals surface area contributed by atoms with E-state index in [1.165, 1.54) is 48.1 Å². The lowest BCUT2D eigenvalue weighted by Crippen LogP contribution is -2.34. The predicted molar refractivity (Wildman–Crippen MR) is 82.2 cm³/mol. The third kappa shape index (κ3) is 4.09. The van der Waals surface area contributed by atoms with Crippen molar-refractivity contribution in [2.75, 3.05) is 6.54 Å². The highest BCUT2D eigenvalue weighted by atomic mass is 19.1. The number of carbonyl (C=O) groups excluding carboxylic acids is 1. The highest BCUT2D eigenvalue weighted by Crippen LogP contribution is 2.13. The number of hydrogen-bond donors (Lipinski definition) is 2. The van der Waals surface area contributed by atoms with Crippen molar-refractivity contribution in [3.63, 3.8) is 0 Å². The van der Waals surface area contributed by atoms with Crippen LogP contribution in [-0.4, -0.2) is 28.2 Å². The van der Waals surface area contributed by atoms with Gasteiger partial charge in [-0.3, -0.25) is 9.59 Å². The Morgan fingerprint density at radius 1 is 1.35 bits per heavy atom. The van der Waals surface area contributed by atoms with Crippen LogP contribution in [0.2, 0.25) is 0 Å². The number of pyridine rings is 1. The van der Waals surface area contributed by atoms with Gasteiger partial charge < -0.3 is 19.7 Å². The number of aromatic hydroxyl groups is 1. The maximum Gasteiger partial charge on any atom is 0.293 e. The molecule has 122 valence electrons. The molecule has 1 amide bonds. The van der Waals surface area contributed by atoms with E-state index in [0.29, 0.717) is 5.75 Å². The Hall–Kier alpha value is -2.83.